The third kappa shape index (κ3) is 59.5. The molecule has 0 fully saturated rings. The van der Waals surface area contributed by atoms with Crippen molar-refractivity contribution in [1.82, 2.24) is 0 Å². The van der Waals surface area contributed by atoms with Gasteiger partial charge in [0.25, 0.3) is 0 Å². The van der Waals surface area contributed by atoms with Crippen LogP contribution in [-0.4, -0.2) is 30.4 Å². The van der Waals surface area contributed by atoms with Crippen LogP contribution in [0.4, 0.5) is 0 Å². The van der Waals surface area contributed by atoms with Crippen molar-refractivity contribution in [3.63, 3.8) is 0 Å². The normalized spacial score (nSPS) is 7.74. The zero-order valence-electron chi connectivity index (χ0n) is 18.5. The summed E-state index contributed by atoms with van der Waals surface area (Å²) in [6.45, 7) is 13.7. The van der Waals surface area contributed by atoms with Gasteiger partial charge in [0.1, 0.15) is 17.3 Å². The number of methoxy groups -OCH3 is 1. The van der Waals surface area contributed by atoms with Crippen molar-refractivity contribution in [1.29, 1.82) is 0 Å². The number of carbonyl (C=O) groups is 4. The van der Waals surface area contributed by atoms with Crippen LogP contribution in [0.5, 0.6) is 0 Å². The first-order valence-electron chi connectivity index (χ1n) is 9.02. The zero-order valence-corrected chi connectivity index (χ0v) is 18.5. The highest BCUT2D eigenvalue weighted by atomic mass is 16.5. The van der Waals surface area contributed by atoms with E-state index in [1.807, 2.05) is 39.0 Å². The van der Waals surface area contributed by atoms with E-state index in [1.54, 1.807) is 20.8 Å². The Hall–Kier alpha value is -2.30. The highest BCUT2D eigenvalue weighted by Crippen LogP contribution is 1.92. The molecule has 0 atom stereocenters. The Labute approximate surface area is 165 Å². The smallest absolute Gasteiger partial charge is 0.302 e. The summed E-state index contributed by atoms with van der Waals surface area (Å²) in [6.07, 6.45) is 2.00. The van der Waals surface area contributed by atoms with Gasteiger partial charge in [-0.2, -0.15) is 0 Å². The SMILES string of the molecule is CCC(C)=O.CCC(C)=O.CCC(C)=O.COC(C)=O.Cc1ccccc1. The molecule has 0 aliphatic rings. The fourth-order valence-electron chi connectivity index (χ4n) is 0.534. The predicted molar refractivity (Wildman–Crippen MR) is 112 cm³/mol. The van der Waals surface area contributed by atoms with Crippen LogP contribution in [0.15, 0.2) is 30.3 Å². The molecule has 27 heavy (non-hydrogen) atoms. The van der Waals surface area contributed by atoms with E-state index in [0.717, 1.165) is 0 Å². The first-order valence-corrected chi connectivity index (χ1v) is 9.02. The minimum Gasteiger partial charge on any atom is -0.469 e. The summed E-state index contributed by atoms with van der Waals surface area (Å²) in [5.74, 6) is 0.519. The Bertz CT molecular complexity index is 437. The maximum atomic E-state index is 9.81. The summed E-state index contributed by atoms with van der Waals surface area (Å²) in [5.41, 5.74) is 1.32. The first-order chi connectivity index (χ1) is 12.5. The first kappa shape index (κ1) is 32.4. The van der Waals surface area contributed by atoms with Crippen molar-refractivity contribution < 1.29 is 23.9 Å². The molecule has 5 heteroatoms. The van der Waals surface area contributed by atoms with E-state index < -0.39 is 0 Å². The Morgan fingerprint density at radius 1 is 0.704 bits per heavy atom. The fourth-order valence-corrected chi connectivity index (χ4v) is 0.534. The summed E-state index contributed by atoms with van der Waals surface area (Å²) in [7, 11) is 1.35. The molecule has 0 radical (unpaired) electrons. The lowest BCUT2D eigenvalue weighted by Gasteiger charge is -1.82. The molecule has 0 N–H and O–H groups in total. The van der Waals surface area contributed by atoms with E-state index in [9.17, 15) is 19.2 Å². The molecule has 156 valence electrons. The highest BCUT2D eigenvalue weighted by Gasteiger charge is 1.78. The van der Waals surface area contributed by atoms with Crippen LogP contribution in [0, 0.1) is 6.92 Å². The number of hydrogen-bond donors (Lipinski definition) is 0. The van der Waals surface area contributed by atoms with Gasteiger partial charge in [-0.15, -0.1) is 0 Å². The molecule has 0 saturated carbocycles. The van der Waals surface area contributed by atoms with Gasteiger partial charge in [-0.25, -0.2) is 0 Å². The lowest BCUT2D eigenvalue weighted by Crippen LogP contribution is -1.88. The van der Waals surface area contributed by atoms with Crippen molar-refractivity contribution in [2.45, 2.75) is 74.7 Å². The second-order valence-electron chi connectivity index (χ2n) is 5.52. The van der Waals surface area contributed by atoms with Gasteiger partial charge in [-0.1, -0.05) is 56.7 Å². The van der Waals surface area contributed by atoms with Gasteiger partial charge in [0.2, 0.25) is 0 Å². The molecule has 1 rings (SSSR count). The molecule has 0 aromatic heterocycles. The standard InChI is InChI=1S/C7H8.3C4H8O.C3H6O2/c1-7-5-3-2-4-6-7;3*1-3-4(2)5;1-3(4)5-2/h2-6H,1H3;3*3H2,1-2H3;1-2H3. The average molecular weight is 383 g/mol. The van der Waals surface area contributed by atoms with Crippen molar-refractivity contribution in [2.75, 3.05) is 7.11 Å². The third-order valence-electron chi connectivity index (χ3n) is 2.72. The lowest BCUT2D eigenvalue weighted by atomic mass is 10.2. The van der Waals surface area contributed by atoms with Crippen LogP contribution in [-0.2, 0) is 23.9 Å². The van der Waals surface area contributed by atoms with E-state index in [-0.39, 0.29) is 23.3 Å². The van der Waals surface area contributed by atoms with Crippen molar-refractivity contribution in [3.8, 4) is 0 Å². The molecule has 0 aliphatic carbocycles. The molecule has 0 saturated heterocycles. The van der Waals surface area contributed by atoms with Crippen LogP contribution in [0.1, 0.15) is 73.3 Å². The quantitative estimate of drug-likeness (QED) is 0.677. The van der Waals surface area contributed by atoms with Gasteiger partial charge in [0, 0.05) is 26.2 Å². The molecular formula is C22H38O5. The number of hydrogen-bond acceptors (Lipinski definition) is 5. The summed E-state index contributed by atoms with van der Waals surface area (Å²) >= 11 is 0. The number of ether oxygens (including phenoxy) is 1. The van der Waals surface area contributed by atoms with E-state index in [2.05, 4.69) is 23.8 Å². The Kier molecular flexibility index (Phi) is 31.1. The van der Waals surface area contributed by atoms with Gasteiger partial charge in [0.05, 0.1) is 7.11 Å². The van der Waals surface area contributed by atoms with Crippen molar-refractivity contribution in [3.05, 3.63) is 35.9 Å². The van der Waals surface area contributed by atoms with E-state index in [1.165, 1.54) is 19.6 Å². The van der Waals surface area contributed by atoms with Crippen LogP contribution in [0.3, 0.4) is 0 Å². The third-order valence-corrected chi connectivity index (χ3v) is 2.72. The van der Waals surface area contributed by atoms with Crippen LogP contribution in [0.2, 0.25) is 0 Å². The molecule has 0 spiro atoms. The highest BCUT2D eigenvalue weighted by molar-refractivity contribution is 5.75. The molecule has 1 aromatic carbocycles. The predicted octanol–water partition coefficient (Wildman–Crippen LogP) is 5.13. The summed E-state index contributed by atoms with van der Waals surface area (Å²) in [5, 5.41) is 0. The number of ketones is 3. The minimum atomic E-state index is -0.245. The molecule has 1 aromatic rings. The van der Waals surface area contributed by atoms with Crippen molar-refractivity contribution in [2.24, 2.45) is 0 Å². The number of Topliss-reactive ketones (excluding diaryl/α,β-unsaturated/α-hetero) is 3. The number of aryl methyl sites for hydroxylation is 1. The van der Waals surface area contributed by atoms with Crippen LogP contribution in [0.25, 0.3) is 0 Å². The van der Waals surface area contributed by atoms with Gasteiger partial charge < -0.3 is 19.1 Å². The lowest BCUT2D eigenvalue weighted by molar-refractivity contribution is -0.138. The number of esters is 1. The van der Waals surface area contributed by atoms with Gasteiger partial charge in [0.15, 0.2) is 0 Å². The Morgan fingerprint density at radius 3 is 1.00 bits per heavy atom. The Morgan fingerprint density at radius 2 is 0.926 bits per heavy atom. The molecule has 5 nitrogen and oxygen atoms in total. The second-order valence-corrected chi connectivity index (χ2v) is 5.52. The summed E-state index contributed by atoms with van der Waals surface area (Å²) in [6, 6.07) is 10.3. The van der Waals surface area contributed by atoms with Crippen LogP contribution >= 0.6 is 0 Å². The second kappa shape index (κ2) is 25.9. The van der Waals surface area contributed by atoms with Crippen LogP contribution < -0.4 is 0 Å². The van der Waals surface area contributed by atoms with Gasteiger partial charge in [-0.3, -0.25) is 4.79 Å². The number of rotatable bonds is 3. The largest absolute Gasteiger partial charge is 0.469 e. The maximum Gasteiger partial charge on any atom is 0.302 e. The number of carbonyl (C=O) groups excluding carboxylic acids is 4. The molecule has 0 aliphatic heterocycles. The molecule has 0 heterocycles. The average Bonchev–Trinajstić information content (AvgIpc) is 2.64. The summed E-state index contributed by atoms with van der Waals surface area (Å²) in [4.78, 5) is 39.0. The van der Waals surface area contributed by atoms with Gasteiger partial charge in [-0.05, 0) is 27.7 Å². The van der Waals surface area contributed by atoms with E-state index in [4.69, 9.17) is 0 Å². The fraction of sp³-hybridized carbons (Fsp3) is 0.545. The van der Waals surface area contributed by atoms with Crippen molar-refractivity contribution >= 4 is 23.3 Å². The molecule has 0 unspecified atom stereocenters. The topological polar surface area (TPSA) is 77.5 Å². The van der Waals surface area contributed by atoms with Gasteiger partial charge >= 0.3 is 5.97 Å². The van der Waals surface area contributed by atoms with E-state index >= 15 is 0 Å². The summed E-state index contributed by atoms with van der Waals surface area (Å²) < 4.78 is 4.11. The molecule has 0 bridgehead atoms. The zero-order chi connectivity index (χ0) is 22.3. The van der Waals surface area contributed by atoms with E-state index in [0.29, 0.717) is 19.3 Å². The molecule has 0 amide bonds. The number of benzene rings is 1. The minimum absolute atomic E-state index is 0.245. The maximum absolute atomic E-state index is 9.81. The molecular weight excluding hydrogens is 344 g/mol. The Balaban J connectivity index is -0.000000124. The monoisotopic (exact) mass is 382 g/mol.